The largest absolute Gasteiger partial charge is 0.457 e. The summed E-state index contributed by atoms with van der Waals surface area (Å²) in [4.78, 5) is 0. The zero-order chi connectivity index (χ0) is 16.6. The second-order valence-electron chi connectivity index (χ2n) is 4.58. The number of benzene rings is 2. The molecule has 2 aromatic carbocycles. The van der Waals surface area contributed by atoms with Crippen molar-refractivity contribution in [3.8, 4) is 0 Å². The van der Waals surface area contributed by atoms with Gasteiger partial charge in [-0.05, 0) is 6.07 Å². The molecule has 0 amide bonds. The van der Waals surface area contributed by atoms with E-state index in [0.29, 0.717) is 0 Å². The molecule has 0 aliphatic heterocycles. The Labute approximate surface area is 127 Å². The molecule has 0 radical (unpaired) electrons. The Bertz CT molecular complexity index is 653. The van der Waals surface area contributed by atoms with Gasteiger partial charge in [0, 0.05) is 16.1 Å². The average molecular weight is 339 g/mol. The molecule has 7 heteroatoms. The van der Waals surface area contributed by atoms with Crippen molar-refractivity contribution in [1.82, 2.24) is 0 Å². The summed E-state index contributed by atoms with van der Waals surface area (Å²) in [6, 6.07) is 9.78. The van der Waals surface area contributed by atoms with Crippen molar-refractivity contribution < 1.29 is 26.3 Å². The Kier molecular flexibility index (Phi) is 4.17. The van der Waals surface area contributed by atoms with E-state index < -0.39 is 33.9 Å². The smallest absolute Gasteiger partial charge is 0.226 e. The SMILES string of the molecule is FC(F)(F)C(F)(F)C(F)(c1ccccc1)c1ccccc1Cl. The van der Waals surface area contributed by atoms with Crippen LogP contribution in [0.5, 0.6) is 0 Å². The van der Waals surface area contributed by atoms with Gasteiger partial charge in [-0.25, -0.2) is 4.39 Å². The standard InChI is InChI=1S/C15H9ClF6/c16-12-9-5-4-8-11(12)13(17,10-6-2-1-3-7-10)14(18,19)15(20,21)22/h1-9H. The van der Waals surface area contributed by atoms with Crippen LogP contribution in [0.25, 0.3) is 0 Å². The third kappa shape index (κ3) is 2.45. The molecule has 1 unspecified atom stereocenters. The third-order valence-electron chi connectivity index (χ3n) is 3.21. The summed E-state index contributed by atoms with van der Waals surface area (Å²) in [6.07, 6.45) is -6.09. The molecule has 118 valence electrons. The summed E-state index contributed by atoms with van der Waals surface area (Å²) in [5, 5.41) is -0.516. The fraction of sp³-hybridized carbons (Fsp3) is 0.200. The summed E-state index contributed by atoms with van der Waals surface area (Å²) in [5.74, 6) is -5.66. The second kappa shape index (κ2) is 5.50. The number of rotatable bonds is 3. The van der Waals surface area contributed by atoms with E-state index in [2.05, 4.69) is 0 Å². The van der Waals surface area contributed by atoms with Crippen LogP contribution < -0.4 is 0 Å². The zero-order valence-corrected chi connectivity index (χ0v) is 11.6. The molecule has 0 aromatic heterocycles. The van der Waals surface area contributed by atoms with Crippen LogP contribution in [0.15, 0.2) is 54.6 Å². The van der Waals surface area contributed by atoms with Gasteiger partial charge in [0.05, 0.1) is 0 Å². The Morgan fingerprint density at radius 2 is 1.18 bits per heavy atom. The molecule has 0 fully saturated rings. The molecule has 0 aliphatic rings. The van der Waals surface area contributed by atoms with Gasteiger partial charge < -0.3 is 0 Å². The van der Waals surface area contributed by atoms with E-state index in [1.807, 2.05) is 0 Å². The highest BCUT2D eigenvalue weighted by molar-refractivity contribution is 6.31. The zero-order valence-electron chi connectivity index (χ0n) is 10.8. The predicted octanol–water partition coefficient (Wildman–Crippen LogP) is 5.75. The first-order valence-electron chi connectivity index (χ1n) is 6.06. The van der Waals surface area contributed by atoms with Crippen molar-refractivity contribution in [2.45, 2.75) is 17.8 Å². The van der Waals surface area contributed by atoms with Crippen LogP contribution >= 0.6 is 11.6 Å². The molecule has 0 aliphatic carbocycles. The number of hydrogen-bond donors (Lipinski definition) is 0. The van der Waals surface area contributed by atoms with E-state index in [1.54, 1.807) is 0 Å². The van der Waals surface area contributed by atoms with Crippen molar-refractivity contribution in [2.75, 3.05) is 0 Å². The van der Waals surface area contributed by atoms with Crippen molar-refractivity contribution >= 4 is 11.6 Å². The Balaban J connectivity index is 2.80. The molecule has 0 bridgehead atoms. The first-order valence-corrected chi connectivity index (χ1v) is 6.44. The van der Waals surface area contributed by atoms with Crippen molar-refractivity contribution in [3.05, 3.63) is 70.7 Å². The molecule has 0 heterocycles. The molecule has 0 N–H and O–H groups in total. The lowest BCUT2D eigenvalue weighted by molar-refractivity contribution is -0.323. The van der Waals surface area contributed by atoms with E-state index in [0.717, 1.165) is 30.3 Å². The van der Waals surface area contributed by atoms with Gasteiger partial charge in [-0.3, -0.25) is 0 Å². The van der Waals surface area contributed by atoms with Gasteiger partial charge in [-0.2, -0.15) is 22.0 Å². The highest BCUT2D eigenvalue weighted by Crippen LogP contribution is 2.55. The number of hydrogen-bond acceptors (Lipinski definition) is 0. The van der Waals surface area contributed by atoms with Gasteiger partial charge in [0.15, 0.2) is 0 Å². The molecule has 22 heavy (non-hydrogen) atoms. The lowest BCUT2D eigenvalue weighted by Crippen LogP contribution is -2.53. The molecule has 2 rings (SSSR count). The lowest BCUT2D eigenvalue weighted by atomic mass is 9.82. The molecule has 0 nitrogen and oxygen atoms in total. The highest BCUT2D eigenvalue weighted by atomic mass is 35.5. The van der Waals surface area contributed by atoms with Crippen LogP contribution in [0.3, 0.4) is 0 Å². The first kappa shape index (κ1) is 16.7. The van der Waals surface area contributed by atoms with E-state index >= 15 is 4.39 Å². The van der Waals surface area contributed by atoms with E-state index in [-0.39, 0.29) is 0 Å². The maximum Gasteiger partial charge on any atom is 0.457 e. The van der Waals surface area contributed by atoms with Gasteiger partial charge in [-0.15, -0.1) is 0 Å². The van der Waals surface area contributed by atoms with Crippen LogP contribution in [0, 0.1) is 0 Å². The highest BCUT2D eigenvalue weighted by Gasteiger charge is 2.73. The molecule has 0 saturated carbocycles. The summed E-state index contributed by atoms with van der Waals surface area (Å²) in [7, 11) is 0. The molecular weight excluding hydrogens is 330 g/mol. The summed E-state index contributed by atoms with van der Waals surface area (Å²) in [6.45, 7) is 0. The second-order valence-corrected chi connectivity index (χ2v) is 4.98. The third-order valence-corrected chi connectivity index (χ3v) is 3.53. The molecule has 1 atom stereocenters. The Hall–Kier alpha value is -1.69. The van der Waals surface area contributed by atoms with Gasteiger partial charge in [0.25, 0.3) is 0 Å². The van der Waals surface area contributed by atoms with Crippen LogP contribution in [-0.2, 0) is 5.67 Å². The van der Waals surface area contributed by atoms with Gasteiger partial charge in [0.2, 0.25) is 5.67 Å². The van der Waals surface area contributed by atoms with Crippen LogP contribution in [0.1, 0.15) is 11.1 Å². The van der Waals surface area contributed by atoms with E-state index in [9.17, 15) is 22.0 Å². The minimum Gasteiger partial charge on any atom is -0.226 e. The van der Waals surface area contributed by atoms with E-state index in [1.165, 1.54) is 24.3 Å². The van der Waals surface area contributed by atoms with Crippen molar-refractivity contribution in [1.29, 1.82) is 0 Å². The fourth-order valence-electron chi connectivity index (χ4n) is 2.11. The minimum atomic E-state index is -6.09. The van der Waals surface area contributed by atoms with Crippen molar-refractivity contribution in [2.24, 2.45) is 0 Å². The summed E-state index contributed by atoms with van der Waals surface area (Å²) < 4.78 is 81.6. The molecular formula is C15H9ClF6. The Morgan fingerprint density at radius 1 is 0.682 bits per heavy atom. The Morgan fingerprint density at radius 3 is 1.68 bits per heavy atom. The van der Waals surface area contributed by atoms with E-state index in [4.69, 9.17) is 11.6 Å². The van der Waals surface area contributed by atoms with Gasteiger partial charge in [-0.1, -0.05) is 60.1 Å². The maximum absolute atomic E-state index is 15.2. The molecule has 0 saturated heterocycles. The van der Waals surface area contributed by atoms with Gasteiger partial charge >= 0.3 is 12.1 Å². The minimum absolute atomic E-state index is 0.516. The molecule has 2 aromatic rings. The molecule has 0 spiro atoms. The van der Waals surface area contributed by atoms with Crippen LogP contribution in [0.2, 0.25) is 5.02 Å². The first-order chi connectivity index (χ1) is 10.1. The van der Waals surface area contributed by atoms with Gasteiger partial charge in [0.1, 0.15) is 0 Å². The normalized spacial score (nSPS) is 15.4. The monoisotopic (exact) mass is 338 g/mol. The quantitative estimate of drug-likeness (QED) is 0.625. The van der Waals surface area contributed by atoms with Crippen LogP contribution in [0.4, 0.5) is 26.3 Å². The van der Waals surface area contributed by atoms with Crippen LogP contribution in [-0.4, -0.2) is 12.1 Å². The maximum atomic E-state index is 15.2. The summed E-state index contributed by atoms with van der Waals surface area (Å²) in [5.41, 5.74) is -5.90. The van der Waals surface area contributed by atoms with Crippen molar-refractivity contribution in [3.63, 3.8) is 0 Å². The fourth-order valence-corrected chi connectivity index (χ4v) is 2.38. The topological polar surface area (TPSA) is 0 Å². The number of alkyl halides is 6. The average Bonchev–Trinajstić information content (AvgIpc) is 2.46. The number of halogens is 7. The lowest BCUT2D eigenvalue weighted by Gasteiger charge is -2.35. The summed E-state index contributed by atoms with van der Waals surface area (Å²) >= 11 is 5.67. The predicted molar refractivity (Wildman–Crippen MR) is 70.8 cm³/mol.